The Hall–Kier alpha value is -1.17. The van der Waals surface area contributed by atoms with Gasteiger partial charge in [0.1, 0.15) is 6.33 Å². The zero-order chi connectivity index (χ0) is 11.1. The summed E-state index contributed by atoms with van der Waals surface area (Å²) in [6, 6.07) is 1.86. The molecule has 1 atom stereocenters. The Morgan fingerprint density at radius 1 is 1.62 bits per heavy atom. The highest BCUT2D eigenvalue weighted by Crippen LogP contribution is 2.37. The van der Waals surface area contributed by atoms with Crippen LogP contribution in [0.5, 0.6) is 0 Å². The predicted octanol–water partition coefficient (Wildman–Crippen LogP) is 1.13. The average molecular weight is 283 g/mol. The summed E-state index contributed by atoms with van der Waals surface area (Å²) in [4.78, 5) is 16.0. The lowest BCUT2D eigenvalue weighted by molar-refractivity contribution is 0.743. The van der Waals surface area contributed by atoms with Gasteiger partial charge in [0, 0.05) is 23.0 Å². The monoisotopic (exact) mass is 282 g/mol. The third kappa shape index (κ3) is 1.77. The van der Waals surface area contributed by atoms with Crippen LogP contribution in [0.15, 0.2) is 17.2 Å². The van der Waals surface area contributed by atoms with Crippen LogP contribution in [0.25, 0.3) is 5.65 Å². The van der Waals surface area contributed by atoms with Crippen LogP contribution in [0, 0.1) is 5.92 Å². The molecule has 0 saturated heterocycles. The van der Waals surface area contributed by atoms with Gasteiger partial charge in [-0.25, -0.2) is 19.3 Å². The maximum Gasteiger partial charge on any atom is 0.348 e. The normalized spacial score (nSPS) is 17.8. The minimum atomic E-state index is -0.244. The van der Waals surface area contributed by atoms with Gasteiger partial charge in [-0.15, -0.1) is 0 Å². The Morgan fingerprint density at radius 3 is 3.19 bits per heavy atom. The topological polar surface area (TPSA) is 63.0 Å². The lowest BCUT2D eigenvalue weighted by Crippen LogP contribution is -2.11. The van der Waals surface area contributed by atoms with Gasteiger partial charge in [0.05, 0.1) is 0 Å². The molecular formula is C10H11BrN4O. The van der Waals surface area contributed by atoms with E-state index in [9.17, 15) is 4.79 Å². The molecule has 84 valence electrons. The number of fused-ring (bicyclic) bond motifs is 1. The van der Waals surface area contributed by atoms with Crippen molar-refractivity contribution < 1.29 is 0 Å². The second kappa shape index (κ2) is 3.69. The number of nitrogens with one attached hydrogen (secondary N) is 1. The minimum Gasteiger partial charge on any atom is -0.246 e. The lowest BCUT2D eigenvalue weighted by atomic mass is 10.2. The van der Waals surface area contributed by atoms with Gasteiger partial charge in [0.2, 0.25) is 0 Å². The number of alkyl halides is 1. The van der Waals surface area contributed by atoms with Gasteiger partial charge in [-0.05, 0) is 18.8 Å². The molecule has 1 unspecified atom stereocenters. The molecule has 1 aliphatic carbocycles. The maximum atomic E-state index is 11.2. The Morgan fingerprint density at radius 2 is 2.44 bits per heavy atom. The summed E-state index contributed by atoms with van der Waals surface area (Å²) in [7, 11) is 0. The summed E-state index contributed by atoms with van der Waals surface area (Å²) < 4.78 is 1.41. The highest BCUT2D eigenvalue weighted by Gasteiger charge is 2.29. The molecule has 2 aromatic rings. The molecule has 0 radical (unpaired) electrons. The number of aromatic amines is 1. The fraction of sp³-hybridized carbons (Fsp3) is 0.500. The van der Waals surface area contributed by atoms with Gasteiger partial charge in [-0.2, -0.15) is 5.10 Å². The van der Waals surface area contributed by atoms with E-state index in [1.165, 1.54) is 23.6 Å². The molecule has 16 heavy (non-hydrogen) atoms. The van der Waals surface area contributed by atoms with Crippen molar-refractivity contribution in [2.75, 3.05) is 0 Å². The van der Waals surface area contributed by atoms with E-state index in [4.69, 9.17) is 0 Å². The number of rotatable bonds is 3. The molecule has 0 amide bonds. The van der Waals surface area contributed by atoms with E-state index in [2.05, 4.69) is 31.1 Å². The number of hydrogen-bond acceptors (Lipinski definition) is 3. The Bertz CT molecular complexity index is 571. The first-order valence-electron chi connectivity index (χ1n) is 5.30. The van der Waals surface area contributed by atoms with Gasteiger partial charge in [0.15, 0.2) is 5.65 Å². The zero-order valence-electron chi connectivity index (χ0n) is 8.56. The third-order valence-electron chi connectivity index (χ3n) is 2.90. The van der Waals surface area contributed by atoms with E-state index in [-0.39, 0.29) is 5.69 Å². The average Bonchev–Trinajstić information content (AvgIpc) is 3.05. The van der Waals surface area contributed by atoms with Crippen molar-refractivity contribution >= 4 is 21.6 Å². The summed E-state index contributed by atoms with van der Waals surface area (Å²) in [5.41, 5.74) is 1.36. The van der Waals surface area contributed by atoms with Crippen LogP contribution >= 0.6 is 15.9 Å². The van der Waals surface area contributed by atoms with Gasteiger partial charge in [0.25, 0.3) is 0 Å². The van der Waals surface area contributed by atoms with Crippen LogP contribution in [0.4, 0.5) is 0 Å². The first kappa shape index (κ1) is 10.0. The number of hydrogen-bond donors (Lipinski definition) is 1. The maximum absolute atomic E-state index is 11.2. The van der Waals surface area contributed by atoms with E-state index < -0.39 is 0 Å². The fourth-order valence-electron chi connectivity index (χ4n) is 1.78. The van der Waals surface area contributed by atoms with Crippen molar-refractivity contribution in [2.45, 2.75) is 24.1 Å². The van der Waals surface area contributed by atoms with E-state index in [0.717, 1.165) is 18.0 Å². The number of H-pyrrole nitrogens is 1. The van der Waals surface area contributed by atoms with Crippen LogP contribution in [0.3, 0.4) is 0 Å². The van der Waals surface area contributed by atoms with Crippen molar-refractivity contribution in [3.8, 4) is 0 Å². The highest BCUT2D eigenvalue weighted by molar-refractivity contribution is 9.09. The SMILES string of the molecule is O=c1[nH]nc2cc(CC(Br)C3CC3)ncn12. The minimum absolute atomic E-state index is 0.244. The van der Waals surface area contributed by atoms with Gasteiger partial charge < -0.3 is 0 Å². The molecule has 5 nitrogen and oxygen atoms in total. The highest BCUT2D eigenvalue weighted by atomic mass is 79.9. The first-order valence-corrected chi connectivity index (χ1v) is 6.21. The fourth-order valence-corrected chi connectivity index (χ4v) is 2.64. The van der Waals surface area contributed by atoms with Crippen molar-refractivity contribution in [3.05, 3.63) is 28.6 Å². The molecule has 1 N–H and O–H groups in total. The van der Waals surface area contributed by atoms with Crippen LogP contribution < -0.4 is 5.69 Å². The number of halogens is 1. The molecule has 3 rings (SSSR count). The third-order valence-corrected chi connectivity index (χ3v) is 3.98. The largest absolute Gasteiger partial charge is 0.348 e. The van der Waals surface area contributed by atoms with Crippen LogP contribution in [-0.4, -0.2) is 24.4 Å². The molecule has 1 saturated carbocycles. The molecule has 0 spiro atoms. The van der Waals surface area contributed by atoms with Crippen molar-refractivity contribution in [3.63, 3.8) is 0 Å². The quantitative estimate of drug-likeness (QED) is 0.859. The summed E-state index contributed by atoms with van der Waals surface area (Å²) >= 11 is 3.67. The predicted molar refractivity (Wildman–Crippen MR) is 62.8 cm³/mol. The Balaban J connectivity index is 1.89. The van der Waals surface area contributed by atoms with E-state index in [1.54, 1.807) is 0 Å². The second-order valence-electron chi connectivity index (χ2n) is 4.19. The van der Waals surface area contributed by atoms with Crippen LogP contribution in [-0.2, 0) is 6.42 Å². The number of nitrogens with zero attached hydrogens (tertiary/aromatic N) is 3. The second-order valence-corrected chi connectivity index (χ2v) is 5.37. The van der Waals surface area contributed by atoms with Crippen molar-refractivity contribution in [2.24, 2.45) is 5.92 Å². The number of aromatic nitrogens is 4. The first-order chi connectivity index (χ1) is 7.74. The molecular weight excluding hydrogens is 272 g/mol. The molecule has 0 aliphatic heterocycles. The molecule has 0 bridgehead atoms. The van der Waals surface area contributed by atoms with Crippen LogP contribution in [0.1, 0.15) is 18.5 Å². The molecule has 1 aliphatic rings. The standard InChI is InChI=1S/C10H11BrN4O/c11-8(6-1-2-6)3-7-4-9-13-14-10(16)15(9)5-12-7/h4-6,8H,1-3H2,(H,14,16). The molecule has 2 heterocycles. The molecule has 2 aromatic heterocycles. The molecule has 1 fully saturated rings. The van der Waals surface area contributed by atoms with Gasteiger partial charge in [-0.1, -0.05) is 15.9 Å². The van der Waals surface area contributed by atoms with E-state index >= 15 is 0 Å². The van der Waals surface area contributed by atoms with Crippen molar-refractivity contribution in [1.29, 1.82) is 0 Å². The summed E-state index contributed by atoms with van der Waals surface area (Å²) in [5.74, 6) is 0.791. The Labute approximate surface area is 100 Å². The van der Waals surface area contributed by atoms with E-state index in [0.29, 0.717) is 10.5 Å². The van der Waals surface area contributed by atoms with Gasteiger partial charge in [-0.3, -0.25) is 0 Å². The Kier molecular flexibility index (Phi) is 2.31. The zero-order valence-corrected chi connectivity index (χ0v) is 10.1. The lowest BCUT2D eigenvalue weighted by Gasteiger charge is -2.06. The summed E-state index contributed by atoms with van der Waals surface area (Å²) in [6.45, 7) is 0. The smallest absolute Gasteiger partial charge is 0.246 e. The molecule has 0 aromatic carbocycles. The van der Waals surface area contributed by atoms with Gasteiger partial charge >= 0.3 is 5.69 Å². The summed E-state index contributed by atoms with van der Waals surface area (Å²) in [5, 5.41) is 6.31. The van der Waals surface area contributed by atoms with E-state index in [1.807, 2.05) is 6.07 Å². The molecule has 6 heteroatoms. The summed E-state index contributed by atoms with van der Waals surface area (Å²) in [6.07, 6.45) is 5.03. The van der Waals surface area contributed by atoms with Crippen LogP contribution in [0.2, 0.25) is 0 Å². The van der Waals surface area contributed by atoms with Crippen molar-refractivity contribution in [1.82, 2.24) is 19.6 Å².